The third-order valence-corrected chi connectivity index (χ3v) is 5.15. The maximum absolute atomic E-state index is 12.6. The largest absolute Gasteiger partial charge is 0.372 e. The van der Waals surface area contributed by atoms with E-state index in [1.54, 1.807) is 6.20 Å². The van der Waals surface area contributed by atoms with Crippen molar-refractivity contribution in [2.75, 3.05) is 23.3 Å². The van der Waals surface area contributed by atoms with Crippen LogP contribution in [0, 0.1) is 6.92 Å². The zero-order valence-electron chi connectivity index (χ0n) is 17.6. The van der Waals surface area contributed by atoms with Crippen LogP contribution in [0.25, 0.3) is 0 Å². The van der Waals surface area contributed by atoms with Crippen LogP contribution in [0.5, 0.6) is 0 Å². The van der Waals surface area contributed by atoms with E-state index in [1.807, 2.05) is 61.7 Å². The van der Waals surface area contributed by atoms with Crippen molar-refractivity contribution in [2.45, 2.75) is 40.2 Å². The first-order chi connectivity index (χ1) is 14.1. The number of amides is 1. The standard InChI is InChI=1S/C24H30N4O/c1-4-6-16-27(5-2)23-13-9-21(10-14-23)24(29)26-22-11-7-20(8-12-22)18-28-17-15-25-19(28)3/h7-15,17H,4-6,16,18H2,1-3H3,(H,26,29). The maximum Gasteiger partial charge on any atom is 0.255 e. The number of nitrogens with one attached hydrogen (secondary N) is 1. The van der Waals surface area contributed by atoms with Crippen molar-refractivity contribution in [3.63, 3.8) is 0 Å². The number of carbonyl (C=O) groups is 1. The lowest BCUT2D eigenvalue weighted by Gasteiger charge is -2.23. The number of carbonyl (C=O) groups excluding carboxylic acids is 1. The molecule has 2 aromatic carbocycles. The highest BCUT2D eigenvalue weighted by Gasteiger charge is 2.09. The smallest absolute Gasteiger partial charge is 0.255 e. The molecular weight excluding hydrogens is 360 g/mol. The Morgan fingerprint density at radius 1 is 1.07 bits per heavy atom. The van der Waals surface area contributed by atoms with Crippen molar-refractivity contribution < 1.29 is 4.79 Å². The van der Waals surface area contributed by atoms with E-state index in [2.05, 4.69) is 33.6 Å². The van der Waals surface area contributed by atoms with Gasteiger partial charge in [0.1, 0.15) is 5.82 Å². The number of aromatic nitrogens is 2. The molecule has 0 radical (unpaired) electrons. The fourth-order valence-corrected chi connectivity index (χ4v) is 3.31. The van der Waals surface area contributed by atoms with Gasteiger partial charge in [-0.1, -0.05) is 25.5 Å². The third-order valence-electron chi connectivity index (χ3n) is 5.15. The molecule has 0 aliphatic carbocycles. The summed E-state index contributed by atoms with van der Waals surface area (Å²) in [5, 5.41) is 2.98. The predicted molar refractivity (Wildman–Crippen MR) is 120 cm³/mol. The van der Waals surface area contributed by atoms with E-state index in [1.165, 1.54) is 18.4 Å². The SMILES string of the molecule is CCCCN(CC)c1ccc(C(=O)Nc2ccc(Cn3ccnc3C)cc2)cc1. The first-order valence-electron chi connectivity index (χ1n) is 10.3. The number of anilines is 2. The molecule has 29 heavy (non-hydrogen) atoms. The van der Waals surface area contributed by atoms with E-state index in [-0.39, 0.29) is 5.91 Å². The molecule has 0 fully saturated rings. The molecule has 0 atom stereocenters. The highest BCUT2D eigenvalue weighted by Crippen LogP contribution is 2.18. The molecule has 3 aromatic rings. The molecular formula is C24H30N4O. The molecule has 1 aromatic heterocycles. The van der Waals surface area contributed by atoms with Crippen molar-refractivity contribution in [3.8, 4) is 0 Å². The summed E-state index contributed by atoms with van der Waals surface area (Å²) in [7, 11) is 0. The van der Waals surface area contributed by atoms with Crippen LogP contribution in [0.3, 0.4) is 0 Å². The van der Waals surface area contributed by atoms with E-state index in [0.717, 1.165) is 36.8 Å². The number of hydrogen-bond donors (Lipinski definition) is 1. The Morgan fingerprint density at radius 2 is 1.79 bits per heavy atom. The minimum atomic E-state index is -0.0913. The van der Waals surface area contributed by atoms with Crippen molar-refractivity contribution >= 4 is 17.3 Å². The molecule has 0 aliphatic rings. The lowest BCUT2D eigenvalue weighted by molar-refractivity contribution is 0.102. The van der Waals surface area contributed by atoms with Crippen LogP contribution < -0.4 is 10.2 Å². The fourth-order valence-electron chi connectivity index (χ4n) is 3.31. The van der Waals surface area contributed by atoms with Gasteiger partial charge in [-0.15, -0.1) is 0 Å². The normalized spacial score (nSPS) is 10.7. The summed E-state index contributed by atoms with van der Waals surface area (Å²) in [6.07, 6.45) is 6.12. The van der Waals surface area contributed by atoms with Gasteiger partial charge in [0, 0.05) is 49.0 Å². The molecule has 1 N–H and O–H groups in total. The van der Waals surface area contributed by atoms with E-state index in [0.29, 0.717) is 5.56 Å². The monoisotopic (exact) mass is 390 g/mol. The Kier molecular flexibility index (Phi) is 7.06. The molecule has 0 saturated heterocycles. The van der Waals surface area contributed by atoms with Gasteiger partial charge in [-0.2, -0.15) is 0 Å². The molecule has 0 aliphatic heterocycles. The first-order valence-corrected chi connectivity index (χ1v) is 10.3. The van der Waals surface area contributed by atoms with Crippen molar-refractivity contribution in [1.29, 1.82) is 0 Å². The second-order valence-electron chi connectivity index (χ2n) is 7.23. The maximum atomic E-state index is 12.6. The Bertz CT molecular complexity index is 913. The summed E-state index contributed by atoms with van der Waals surface area (Å²) in [5.41, 5.74) is 3.79. The molecule has 3 rings (SSSR count). The lowest BCUT2D eigenvalue weighted by Crippen LogP contribution is -2.23. The third kappa shape index (κ3) is 5.47. The van der Waals surface area contributed by atoms with Crippen LogP contribution in [0.1, 0.15) is 48.4 Å². The number of hydrogen-bond acceptors (Lipinski definition) is 3. The number of imidazole rings is 1. The average Bonchev–Trinajstić information content (AvgIpc) is 3.15. The molecule has 0 spiro atoms. The van der Waals surface area contributed by atoms with Gasteiger partial charge >= 0.3 is 0 Å². The minimum Gasteiger partial charge on any atom is -0.372 e. The van der Waals surface area contributed by atoms with Gasteiger partial charge in [-0.25, -0.2) is 4.98 Å². The Morgan fingerprint density at radius 3 is 2.38 bits per heavy atom. The van der Waals surface area contributed by atoms with Crippen LogP contribution in [-0.4, -0.2) is 28.5 Å². The van der Waals surface area contributed by atoms with Gasteiger partial charge in [-0.05, 0) is 62.2 Å². The summed E-state index contributed by atoms with van der Waals surface area (Å²) in [6, 6.07) is 15.8. The summed E-state index contributed by atoms with van der Waals surface area (Å²) in [6.45, 7) is 9.14. The second-order valence-corrected chi connectivity index (χ2v) is 7.23. The van der Waals surface area contributed by atoms with Gasteiger partial charge in [0.2, 0.25) is 0 Å². The van der Waals surface area contributed by atoms with Gasteiger partial charge in [0.05, 0.1) is 0 Å². The fraction of sp³-hybridized carbons (Fsp3) is 0.333. The molecule has 5 heteroatoms. The lowest BCUT2D eigenvalue weighted by atomic mass is 10.1. The summed E-state index contributed by atoms with van der Waals surface area (Å²) >= 11 is 0. The number of nitrogens with zero attached hydrogens (tertiary/aromatic N) is 3. The Labute approximate surface area is 173 Å². The summed E-state index contributed by atoms with van der Waals surface area (Å²) in [4.78, 5) is 19.2. The predicted octanol–water partition coefficient (Wildman–Crippen LogP) is 5.12. The molecule has 1 heterocycles. The van der Waals surface area contributed by atoms with E-state index >= 15 is 0 Å². The molecule has 0 unspecified atom stereocenters. The minimum absolute atomic E-state index is 0.0913. The van der Waals surface area contributed by atoms with Crippen molar-refractivity contribution in [3.05, 3.63) is 77.9 Å². The van der Waals surface area contributed by atoms with Crippen LogP contribution in [0.15, 0.2) is 60.9 Å². The van der Waals surface area contributed by atoms with Crippen molar-refractivity contribution in [2.24, 2.45) is 0 Å². The van der Waals surface area contributed by atoms with Gasteiger partial charge in [-0.3, -0.25) is 4.79 Å². The first kappa shape index (κ1) is 20.6. The average molecular weight is 391 g/mol. The number of benzene rings is 2. The van der Waals surface area contributed by atoms with E-state index in [4.69, 9.17) is 0 Å². The van der Waals surface area contributed by atoms with Crippen LogP contribution in [-0.2, 0) is 6.54 Å². The Balaban J connectivity index is 1.60. The zero-order chi connectivity index (χ0) is 20.6. The molecule has 1 amide bonds. The van der Waals surface area contributed by atoms with Gasteiger partial charge < -0.3 is 14.8 Å². The highest BCUT2D eigenvalue weighted by atomic mass is 16.1. The summed E-state index contributed by atoms with van der Waals surface area (Å²) < 4.78 is 2.09. The molecule has 0 bridgehead atoms. The second kappa shape index (κ2) is 9.92. The van der Waals surface area contributed by atoms with Gasteiger partial charge in [0.25, 0.3) is 5.91 Å². The van der Waals surface area contributed by atoms with E-state index < -0.39 is 0 Å². The highest BCUT2D eigenvalue weighted by molar-refractivity contribution is 6.04. The molecule has 5 nitrogen and oxygen atoms in total. The topological polar surface area (TPSA) is 50.2 Å². The van der Waals surface area contributed by atoms with Crippen LogP contribution >= 0.6 is 0 Å². The molecule has 0 saturated carbocycles. The number of unbranched alkanes of at least 4 members (excludes halogenated alkanes) is 1. The van der Waals surface area contributed by atoms with Crippen LogP contribution in [0.2, 0.25) is 0 Å². The Hall–Kier alpha value is -3.08. The van der Waals surface area contributed by atoms with Crippen LogP contribution in [0.4, 0.5) is 11.4 Å². The van der Waals surface area contributed by atoms with E-state index in [9.17, 15) is 4.79 Å². The number of aryl methyl sites for hydroxylation is 1. The molecule has 152 valence electrons. The van der Waals surface area contributed by atoms with Crippen molar-refractivity contribution in [1.82, 2.24) is 9.55 Å². The zero-order valence-corrected chi connectivity index (χ0v) is 17.6. The van der Waals surface area contributed by atoms with Gasteiger partial charge in [0.15, 0.2) is 0 Å². The number of rotatable bonds is 9. The quantitative estimate of drug-likeness (QED) is 0.552. The summed E-state index contributed by atoms with van der Waals surface area (Å²) in [5.74, 6) is 0.897.